The average molecular weight is 484 g/mol. The molecule has 2 aromatic carbocycles. The van der Waals surface area contributed by atoms with E-state index >= 15 is 0 Å². The summed E-state index contributed by atoms with van der Waals surface area (Å²) in [6, 6.07) is 10.4. The fourth-order valence-corrected chi connectivity index (χ4v) is 5.13. The number of hydrogen-bond donors (Lipinski definition) is 1. The lowest BCUT2D eigenvalue weighted by atomic mass is 10.1. The lowest BCUT2D eigenvalue weighted by molar-refractivity contribution is 0.153. The number of ether oxygens (including phenoxy) is 1. The fraction of sp³-hybridized carbons (Fsp3) is 0.300. The Bertz CT molecular complexity index is 1050. The van der Waals surface area contributed by atoms with Gasteiger partial charge in [0.2, 0.25) is 0 Å². The van der Waals surface area contributed by atoms with Crippen molar-refractivity contribution in [2.24, 2.45) is 0 Å². The second kappa shape index (κ2) is 8.41. The zero-order valence-corrected chi connectivity index (χ0v) is 18.1. The Morgan fingerprint density at radius 3 is 2.48 bits per heavy atom. The van der Waals surface area contributed by atoms with Gasteiger partial charge in [-0.2, -0.15) is 0 Å². The van der Waals surface area contributed by atoms with Gasteiger partial charge in [0.1, 0.15) is 5.75 Å². The average Bonchev–Trinajstić information content (AvgIpc) is 3.13. The van der Waals surface area contributed by atoms with E-state index in [2.05, 4.69) is 26.1 Å². The molecule has 154 valence electrons. The molecule has 0 aliphatic carbocycles. The second-order valence-corrected chi connectivity index (χ2v) is 8.97. The monoisotopic (exact) mass is 483 g/mol. The van der Waals surface area contributed by atoms with Crippen LogP contribution in [0.4, 0.5) is 14.5 Å². The summed E-state index contributed by atoms with van der Waals surface area (Å²) in [5.74, 6) is 0.639. The highest BCUT2D eigenvalue weighted by Gasteiger charge is 2.25. The van der Waals surface area contributed by atoms with Crippen LogP contribution in [0.5, 0.6) is 5.75 Å². The van der Waals surface area contributed by atoms with Crippen LogP contribution in [0.25, 0.3) is 10.9 Å². The van der Waals surface area contributed by atoms with E-state index < -0.39 is 17.4 Å². The van der Waals surface area contributed by atoms with E-state index in [0.29, 0.717) is 21.5 Å². The summed E-state index contributed by atoms with van der Waals surface area (Å²) in [6.07, 6.45) is -1.36. The molecular formula is C20H20BrF2N3O2S. The number of piperazine rings is 1. The molecule has 2 heterocycles. The van der Waals surface area contributed by atoms with Gasteiger partial charge in [-0.3, -0.25) is 3.97 Å². The van der Waals surface area contributed by atoms with E-state index in [4.69, 9.17) is 4.74 Å². The predicted octanol–water partition coefficient (Wildman–Crippen LogP) is 4.33. The first-order valence-corrected chi connectivity index (χ1v) is 11.0. The van der Waals surface area contributed by atoms with Gasteiger partial charge < -0.3 is 15.0 Å². The largest absolute Gasteiger partial charge is 0.497 e. The lowest BCUT2D eigenvalue weighted by Crippen LogP contribution is -2.43. The van der Waals surface area contributed by atoms with Crippen molar-refractivity contribution in [3.8, 4) is 5.75 Å². The fourth-order valence-electron chi connectivity index (χ4n) is 3.57. The predicted molar refractivity (Wildman–Crippen MR) is 114 cm³/mol. The standard InChI is InChI=1S/C20H20BrF2N3O2S/c1-28-14-2-4-15(5-3-14)29(27)26-12-16(20(22)23)19-17(10-13(21)11-18(19)26)25-8-6-24-7-9-25/h2-5,10-12,20,24H,6-9H2,1H3. The highest BCUT2D eigenvalue weighted by Crippen LogP contribution is 2.39. The number of rotatable bonds is 5. The van der Waals surface area contributed by atoms with Crippen molar-refractivity contribution in [2.45, 2.75) is 11.3 Å². The summed E-state index contributed by atoms with van der Waals surface area (Å²) < 4.78 is 48.5. The minimum absolute atomic E-state index is 0.108. The molecular weight excluding hydrogens is 464 g/mol. The maximum Gasteiger partial charge on any atom is 0.266 e. The first-order chi connectivity index (χ1) is 14.0. The minimum atomic E-state index is -2.67. The zero-order chi connectivity index (χ0) is 20.5. The van der Waals surface area contributed by atoms with E-state index in [1.165, 1.54) is 10.2 Å². The van der Waals surface area contributed by atoms with Gasteiger partial charge in [-0.15, -0.1) is 0 Å². The maximum absolute atomic E-state index is 14.0. The van der Waals surface area contributed by atoms with Gasteiger partial charge in [0.05, 0.1) is 17.5 Å². The number of anilines is 1. The van der Waals surface area contributed by atoms with Crippen molar-refractivity contribution >= 4 is 43.5 Å². The van der Waals surface area contributed by atoms with Gasteiger partial charge in [-0.1, -0.05) is 15.9 Å². The van der Waals surface area contributed by atoms with E-state index in [1.54, 1.807) is 37.4 Å². The van der Waals surface area contributed by atoms with Crippen molar-refractivity contribution in [2.75, 3.05) is 38.2 Å². The highest BCUT2D eigenvalue weighted by molar-refractivity contribution is 9.10. The first kappa shape index (κ1) is 20.3. The molecule has 5 nitrogen and oxygen atoms in total. The van der Waals surface area contributed by atoms with E-state index in [0.717, 1.165) is 36.3 Å². The molecule has 0 amide bonds. The second-order valence-electron chi connectivity index (χ2n) is 6.69. The van der Waals surface area contributed by atoms with Crippen LogP contribution in [0.3, 0.4) is 0 Å². The van der Waals surface area contributed by atoms with Crippen molar-refractivity contribution in [1.82, 2.24) is 9.29 Å². The smallest absolute Gasteiger partial charge is 0.266 e. The molecule has 1 N–H and O–H groups in total. The van der Waals surface area contributed by atoms with Crippen molar-refractivity contribution in [3.05, 3.63) is 52.6 Å². The van der Waals surface area contributed by atoms with E-state index in [-0.39, 0.29) is 5.56 Å². The van der Waals surface area contributed by atoms with E-state index in [9.17, 15) is 13.0 Å². The zero-order valence-electron chi connectivity index (χ0n) is 15.7. The summed E-state index contributed by atoms with van der Waals surface area (Å²) in [5.41, 5.74) is 1.14. The normalized spacial score (nSPS) is 15.8. The summed E-state index contributed by atoms with van der Waals surface area (Å²) >= 11 is 3.50. The van der Waals surface area contributed by atoms with Crippen LogP contribution in [0.2, 0.25) is 0 Å². The maximum atomic E-state index is 14.0. The summed E-state index contributed by atoms with van der Waals surface area (Å²) in [4.78, 5) is 2.60. The van der Waals surface area contributed by atoms with Crippen molar-refractivity contribution < 1.29 is 17.7 Å². The SMILES string of the molecule is COc1ccc(S(=O)n2cc(C(F)F)c3c(N4CCNCC4)cc(Br)cc32)cc1. The molecule has 1 atom stereocenters. The number of halogens is 3. The molecule has 4 rings (SSSR count). The van der Waals surface area contributed by atoms with Gasteiger partial charge in [0, 0.05) is 53.5 Å². The lowest BCUT2D eigenvalue weighted by Gasteiger charge is -2.30. The molecule has 1 fully saturated rings. The topological polar surface area (TPSA) is 46.5 Å². The molecule has 1 aliphatic heterocycles. The number of nitrogens with one attached hydrogen (secondary N) is 1. The van der Waals surface area contributed by atoms with Crippen LogP contribution in [-0.4, -0.2) is 41.5 Å². The Morgan fingerprint density at radius 1 is 1.17 bits per heavy atom. The third-order valence-corrected chi connectivity index (χ3v) is 6.77. The summed E-state index contributed by atoms with van der Waals surface area (Å²) in [5, 5.41) is 3.72. The van der Waals surface area contributed by atoms with Gasteiger partial charge >= 0.3 is 0 Å². The minimum Gasteiger partial charge on any atom is -0.497 e. The van der Waals surface area contributed by atoms with Gasteiger partial charge in [0.15, 0.2) is 11.0 Å². The van der Waals surface area contributed by atoms with Crippen LogP contribution in [-0.2, 0) is 11.0 Å². The number of fused-ring (bicyclic) bond motifs is 1. The molecule has 29 heavy (non-hydrogen) atoms. The number of hydrogen-bond acceptors (Lipinski definition) is 4. The molecule has 3 aromatic rings. The van der Waals surface area contributed by atoms with Crippen LogP contribution in [0.1, 0.15) is 12.0 Å². The van der Waals surface area contributed by atoms with Gasteiger partial charge in [-0.25, -0.2) is 13.0 Å². The number of benzene rings is 2. The molecule has 0 spiro atoms. The molecule has 0 radical (unpaired) electrons. The Hall–Kier alpha value is -1.97. The Morgan fingerprint density at radius 2 is 1.86 bits per heavy atom. The number of alkyl halides is 2. The number of aromatic nitrogens is 1. The number of methoxy groups -OCH3 is 1. The third kappa shape index (κ3) is 3.91. The summed E-state index contributed by atoms with van der Waals surface area (Å²) in [6.45, 7) is 3.02. The Kier molecular flexibility index (Phi) is 5.89. The Balaban J connectivity index is 1.88. The first-order valence-electron chi connectivity index (χ1n) is 9.14. The van der Waals surface area contributed by atoms with E-state index in [1.807, 2.05) is 6.07 Å². The van der Waals surface area contributed by atoms with Crippen LogP contribution < -0.4 is 15.0 Å². The molecule has 0 bridgehead atoms. The molecule has 9 heteroatoms. The van der Waals surface area contributed by atoms with Crippen molar-refractivity contribution in [1.29, 1.82) is 0 Å². The third-order valence-electron chi connectivity index (χ3n) is 4.98. The van der Waals surface area contributed by atoms with Crippen LogP contribution in [0, 0.1) is 0 Å². The Labute approximate surface area is 178 Å². The molecule has 1 aromatic heterocycles. The summed E-state index contributed by atoms with van der Waals surface area (Å²) in [7, 11) is -0.122. The molecule has 1 aliphatic rings. The molecule has 0 saturated carbocycles. The molecule has 1 unspecified atom stereocenters. The van der Waals surface area contributed by atoms with Crippen LogP contribution >= 0.6 is 15.9 Å². The van der Waals surface area contributed by atoms with Gasteiger partial charge in [-0.05, 0) is 36.4 Å². The van der Waals surface area contributed by atoms with Crippen LogP contribution in [0.15, 0.2) is 52.0 Å². The number of nitrogens with zero attached hydrogens (tertiary/aromatic N) is 2. The quantitative estimate of drug-likeness (QED) is 0.586. The van der Waals surface area contributed by atoms with Gasteiger partial charge in [0.25, 0.3) is 6.43 Å². The molecule has 1 saturated heterocycles. The van der Waals surface area contributed by atoms with Crippen molar-refractivity contribution in [3.63, 3.8) is 0 Å². The highest BCUT2D eigenvalue weighted by atomic mass is 79.9.